The maximum atomic E-state index is 12.7. The van der Waals surface area contributed by atoms with Gasteiger partial charge in [0.05, 0.1) is 28.6 Å². The van der Waals surface area contributed by atoms with E-state index in [0.717, 1.165) is 0 Å². The van der Waals surface area contributed by atoms with Crippen LogP contribution in [-0.2, 0) is 11.3 Å². The Balaban J connectivity index is 1.70. The average Bonchev–Trinajstić information content (AvgIpc) is 3.26. The summed E-state index contributed by atoms with van der Waals surface area (Å²) < 4.78 is 10.6. The second-order valence-corrected chi connectivity index (χ2v) is 7.59. The lowest BCUT2D eigenvalue weighted by Gasteiger charge is -2.15. The van der Waals surface area contributed by atoms with Crippen LogP contribution in [-0.4, -0.2) is 22.1 Å². The molecule has 0 saturated carbocycles. The van der Waals surface area contributed by atoms with E-state index in [9.17, 15) is 9.59 Å². The summed E-state index contributed by atoms with van der Waals surface area (Å²) in [6, 6.07) is 13.5. The summed E-state index contributed by atoms with van der Waals surface area (Å²) in [5, 5.41) is 3.17. The third-order valence-corrected chi connectivity index (χ3v) is 5.66. The van der Waals surface area contributed by atoms with Crippen molar-refractivity contribution in [2.24, 2.45) is 0 Å². The second-order valence-electron chi connectivity index (χ2n) is 5.99. The summed E-state index contributed by atoms with van der Waals surface area (Å²) in [6.45, 7) is 2.20. The molecule has 0 spiro atoms. The smallest absolute Gasteiger partial charge is 0.346 e. The number of thioether (sulfide) groups is 1. The number of furan rings is 1. The highest BCUT2D eigenvalue weighted by Crippen LogP contribution is 2.29. The highest BCUT2D eigenvalue weighted by molar-refractivity contribution is 8.00. The van der Waals surface area contributed by atoms with Crippen molar-refractivity contribution in [2.45, 2.75) is 30.2 Å². The Bertz CT molecular complexity index is 978. The number of hydrogen-bond acceptors (Lipinski definition) is 6. The van der Waals surface area contributed by atoms with Crippen molar-refractivity contribution < 1.29 is 18.7 Å². The predicted octanol–water partition coefficient (Wildman–Crippen LogP) is 4.73. The Morgan fingerprint density at radius 2 is 2.03 bits per heavy atom. The van der Waals surface area contributed by atoms with Crippen LogP contribution in [0.15, 0.2) is 70.4 Å². The van der Waals surface area contributed by atoms with Crippen molar-refractivity contribution in [1.29, 1.82) is 0 Å². The number of carbonyl (C=O) groups excluding carboxylic acids is 2. The number of halogens is 1. The zero-order chi connectivity index (χ0) is 20.6. The molecule has 1 atom stereocenters. The molecule has 0 saturated heterocycles. The zero-order valence-electron chi connectivity index (χ0n) is 15.6. The molecule has 2 heterocycles. The molecule has 0 fully saturated rings. The Morgan fingerprint density at radius 3 is 2.76 bits per heavy atom. The number of pyridine rings is 1. The molecular weight excluding hydrogens is 412 g/mol. The van der Waals surface area contributed by atoms with E-state index in [2.05, 4.69) is 10.3 Å². The van der Waals surface area contributed by atoms with Crippen molar-refractivity contribution in [2.75, 3.05) is 0 Å². The topological polar surface area (TPSA) is 81.4 Å². The van der Waals surface area contributed by atoms with Crippen LogP contribution in [0.2, 0.25) is 5.02 Å². The number of para-hydroxylation sites is 1. The van der Waals surface area contributed by atoms with Crippen LogP contribution in [0.4, 0.5) is 0 Å². The molecule has 3 rings (SSSR count). The van der Waals surface area contributed by atoms with Crippen LogP contribution < -0.4 is 10.1 Å². The maximum absolute atomic E-state index is 12.7. The van der Waals surface area contributed by atoms with Crippen molar-refractivity contribution in [3.8, 4) is 5.75 Å². The molecule has 6 nitrogen and oxygen atoms in total. The van der Waals surface area contributed by atoms with Gasteiger partial charge in [-0.05, 0) is 42.8 Å². The van der Waals surface area contributed by atoms with Gasteiger partial charge >= 0.3 is 5.97 Å². The molecule has 0 aliphatic rings. The van der Waals surface area contributed by atoms with Gasteiger partial charge in [0.25, 0.3) is 0 Å². The molecular formula is C21H19ClN2O4S. The molecule has 0 radical (unpaired) electrons. The Kier molecular flexibility index (Phi) is 7.32. The summed E-state index contributed by atoms with van der Waals surface area (Å²) in [5.74, 6) is 0.187. The van der Waals surface area contributed by atoms with Gasteiger partial charge < -0.3 is 14.5 Å². The summed E-state index contributed by atoms with van der Waals surface area (Å²) in [7, 11) is 0. The number of carbonyl (C=O) groups is 2. The SMILES string of the molecule is CC[C@@H](Sc1ncccc1C(=O)Oc1ccccc1Cl)C(=O)NCc1ccco1. The quantitative estimate of drug-likeness (QED) is 0.316. The number of nitrogens with zero attached hydrogens (tertiary/aromatic N) is 1. The average molecular weight is 431 g/mol. The normalized spacial score (nSPS) is 11.7. The van der Waals surface area contributed by atoms with Crippen LogP contribution >= 0.6 is 23.4 Å². The molecule has 0 unspecified atom stereocenters. The highest BCUT2D eigenvalue weighted by Gasteiger charge is 2.23. The van der Waals surface area contributed by atoms with Crippen molar-refractivity contribution in [1.82, 2.24) is 10.3 Å². The number of nitrogens with one attached hydrogen (secondary N) is 1. The van der Waals surface area contributed by atoms with Crippen LogP contribution in [0.3, 0.4) is 0 Å². The van der Waals surface area contributed by atoms with Crippen LogP contribution in [0.5, 0.6) is 5.75 Å². The number of amides is 1. The van der Waals surface area contributed by atoms with E-state index in [1.807, 2.05) is 6.92 Å². The summed E-state index contributed by atoms with van der Waals surface area (Å²) in [6.07, 6.45) is 3.69. The third-order valence-electron chi connectivity index (χ3n) is 3.96. The predicted molar refractivity (Wildman–Crippen MR) is 111 cm³/mol. The largest absolute Gasteiger partial charge is 0.467 e. The van der Waals surface area contributed by atoms with Crippen molar-refractivity contribution >= 4 is 35.2 Å². The number of esters is 1. The summed E-state index contributed by atoms with van der Waals surface area (Å²) >= 11 is 7.28. The number of rotatable bonds is 8. The molecule has 1 amide bonds. The van der Waals surface area contributed by atoms with Crippen LogP contribution in [0.25, 0.3) is 0 Å². The number of benzene rings is 1. The van der Waals surface area contributed by atoms with E-state index in [0.29, 0.717) is 28.8 Å². The van der Waals surface area contributed by atoms with Gasteiger partial charge in [-0.1, -0.05) is 42.4 Å². The number of hydrogen-bond donors (Lipinski definition) is 1. The van der Waals surface area contributed by atoms with Gasteiger partial charge in [-0.2, -0.15) is 0 Å². The van der Waals surface area contributed by atoms with Crippen molar-refractivity contribution in [3.63, 3.8) is 0 Å². The minimum Gasteiger partial charge on any atom is -0.467 e. The van der Waals surface area contributed by atoms with E-state index in [1.165, 1.54) is 11.8 Å². The van der Waals surface area contributed by atoms with Gasteiger partial charge in [-0.3, -0.25) is 4.79 Å². The van der Waals surface area contributed by atoms with Gasteiger partial charge in [0.1, 0.15) is 16.5 Å². The second kappa shape index (κ2) is 10.1. The lowest BCUT2D eigenvalue weighted by Crippen LogP contribution is -2.32. The molecule has 8 heteroatoms. The summed E-state index contributed by atoms with van der Waals surface area (Å²) in [4.78, 5) is 29.5. The zero-order valence-corrected chi connectivity index (χ0v) is 17.2. The Labute approximate surface area is 177 Å². The first kappa shape index (κ1) is 21.0. The Hall–Kier alpha value is -2.77. The van der Waals surface area contributed by atoms with E-state index in [4.69, 9.17) is 20.8 Å². The molecule has 2 aromatic heterocycles. The fourth-order valence-electron chi connectivity index (χ4n) is 2.48. The standard InChI is InChI=1S/C21H19ClN2O4S/c1-2-18(19(25)24-13-14-7-6-12-27-14)29-20-15(8-5-11-23-20)21(26)28-17-10-4-3-9-16(17)22/h3-12,18H,2,13H2,1H3,(H,24,25)/t18-/m1/s1. The molecule has 0 aliphatic carbocycles. The molecule has 150 valence electrons. The highest BCUT2D eigenvalue weighted by atomic mass is 35.5. The molecule has 1 N–H and O–H groups in total. The molecule has 1 aromatic carbocycles. The molecule has 0 bridgehead atoms. The molecule has 29 heavy (non-hydrogen) atoms. The fourth-order valence-corrected chi connectivity index (χ4v) is 3.68. The van der Waals surface area contributed by atoms with Crippen molar-refractivity contribution in [3.05, 3.63) is 77.3 Å². The lowest BCUT2D eigenvalue weighted by atomic mass is 10.3. The van der Waals surface area contributed by atoms with Gasteiger partial charge in [-0.15, -0.1) is 0 Å². The van der Waals surface area contributed by atoms with Crippen LogP contribution in [0, 0.1) is 0 Å². The molecule has 3 aromatic rings. The Morgan fingerprint density at radius 1 is 1.21 bits per heavy atom. The monoisotopic (exact) mass is 430 g/mol. The fraction of sp³-hybridized carbons (Fsp3) is 0.190. The van der Waals surface area contributed by atoms with Gasteiger partial charge in [0.15, 0.2) is 0 Å². The maximum Gasteiger partial charge on any atom is 0.346 e. The van der Waals surface area contributed by atoms with Crippen LogP contribution in [0.1, 0.15) is 29.5 Å². The van der Waals surface area contributed by atoms with E-state index < -0.39 is 11.2 Å². The third kappa shape index (κ3) is 5.62. The first-order valence-electron chi connectivity index (χ1n) is 8.97. The van der Waals surface area contributed by atoms with Gasteiger partial charge in [-0.25, -0.2) is 9.78 Å². The van der Waals surface area contributed by atoms with E-state index >= 15 is 0 Å². The first-order valence-corrected chi connectivity index (χ1v) is 10.2. The minimum atomic E-state index is -0.584. The van der Waals surface area contributed by atoms with Gasteiger partial charge in [0, 0.05) is 6.20 Å². The van der Waals surface area contributed by atoms with E-state index in [-0.39, 0.29) is 17.2 Å². The lowest BCUT2D eigenvalue weighted by molar-refractivity contribution is -0.120. The van der Waals surface area contributed by atoms with E-state index in [1.54, 1.807) is 61.0 Å². The first-order chi connectivity index (χ1) is 14.1. The number of ether oxygens (including phenoxy) is 1. The van der Waals surface area contributed by atoms with Gasteiger partial charge in [0.2, 0.25) is 5.91 Å². The summed E-state index contributed by atoms with van der Waals surface area (Å²) in [5.41, 5.74) is 0.273. The minimum absolute atomic E-state index is 0.162. The number of aromatic nitrogens is 1. The molecule has 0 aliphatic heterocycles.